The van der Waals surface area contributed by atoms with Gasteiger partial charge in [0.25, 0.3) is 0 Å². The number of rotatable bonds is 7. The lowest BCUT2D eigenvalue weighted by Crippen LogP contribution is -2.04. The van der Waals surface area contributed by atoms with Crippen molar-refractivity contribution in [3.63, 3.8) is 0 Å². The topological polar surface area (TPSA) is 61.6 Å². The smallest absolute Gasteiger partial charge is 0.338 e. The zero-order valence-corrected chi connectivity index (χ0v) is 18.9. The molecule has 0 aliphatic heterocycles. The average Bonchev–Trinajstić information content (AvgIpc) is 3.30. The maximum Gasteiger partial charge on any atom is 0.338 e. The van der Waals surface area contributed by atoms with Gasteiger partial charge in [-0.25, -0.2) is 9.78 Å². The van der Waals surface area contributed by atoms with E-state index in [0.717, 1.165) is 11.1 Å². The lowest BCUT2D eigenvalue weighted by molar-refractivity contribution is 0.0472. The highest BCUT2D eigenvalue weighted by Crippen LogP contribution is 2.33. The molecular weight excluding hydrogens is 450 g/mol. The van der Waals surface area contributed by atoms with Gasteiger partial charge >= 0.3 is 5.97 Å². The van der Waals surface area contributed by atoms with Gasteiger partial charge < -0.3 is 13.9 Å². The summed E-state index contributed by atoms with van der Waals surface area (Å²) < 4.78 is 17.2. The maximum absolute atomic E-state index is 12.5. The van der Waals surface area contributed by atoms with E-state index in [1.165, 1.54) is 0 Å². The molecule has 0 bridgehead atoms. The van der Waals surface area contributed by atoms with Gasteiger partial charge in [-0.2, -0.15) is 0 Å². The molecule has 0 amide bonds. The predicted octanol–water partition coefficient (Wildman–Crippen LogP) is 7.08. The quantitative estimate of drug-likeness (QED) is 0.238. The summed E-state index contributed by atoms with van der Waals surface area (Å²) in [6.45, 7) is 0.649. The standard InChI is InChI=1S/C28H20ClNO4/c29-24-16-22(32-17-19-7-3-1-4-8-19)12-13-23(24)27-30-25-14-11-21(15-26(25)34-27)28(31)33-18-20-9-5-2-6-10-20/h1-16H,17-18H2. The Hall–Kier alpha value is -4.09. The first-order chi connectivity index (χ1) is 16.7. The van der Waals surface area contributed by atoms with Crippen LogP contribution < -0.4 is 4.74 Å². The first kappa shape index (κ1) is 21.7. The Morgan fingerprint density at radius 1 is 0.824 bits per heavy atom. The van der Waals surface area contributed by atoms with Crippen molar-refractivity contribution in [1.29, 1.82) is 0 Å². The minimum atomic E-state index is -0.429. The molecule has 0 unspecified atom stereocenters. The summed E-state index contributed by atoms with van der Waals surface area (Å²) in [6.07, 6.45) is 0. The van der Waals surface area contributed by atoms with Crippen molar-refractivity contribution < 1.29 is 18.7 Å². The number of esters is 1. The first-order valence-electron chi connectivity index (χ1n) is 10.7. The molecule has 5 aromatic rings. The largest absolute Gasteiger partial charge is 0.489 e. The van der Waals surface area contributed by atoms with E-state index in [-0.39, 0.29) is 6.61 Å². The highest BCUT2D eigenvalue weighted by Gasteiger charge is 2.15. The van der Waals surface area contributed by atoms with Crippen molar-refractivity contribution in [3.05, 3.63) is 119 Å². The number of carbonyl (C=O) groups excluding carboxylic acids is 1. The lowest BCUT2D eigenvalue weighted by atomic mass is 10.2. The Morgan fingerprint density at radius 3 is 2.24 bits per heavy atom. The minimum Gasteiger partial charge on any atom is -0.489 e. The van der Waals surface area contributed by atoms with Crippen molar-refractivity contribution in [1.82, 2.24) is 4.98 Å². The number of fused-ring (bicyclic) bond motifs is 1. The van der Waals surface area contributed by atoms with Crippen molar-refractivity contribution in [2.45, 2.75) is 13.2 Å². The number of ether oxygens (including phenoxy) is 2. The number of aromatic nitrogens is 1. The number of nitrogens with zero attached hydrogens (tertiary/aromatic N) is 1. The van der Waals surface area contributed by atoms with Crippen LogP contribution in [-0.2, 0) is 18.0 Å². The van der Waals surface area contributed by atoms with Crippen LogP contribution in [0.3, 0.4) is 0 Å². The van der Waals surface area contributed by atoms with Crippen molar-refractivity contribution in [2.75, 3.05) is 0 Å². The van der Waals surface area contributed by atoms with Crippen molar-refractivity contribution in [2.24, 2.45) is 0 Å². The molecule has 168 valence electrons. The third kappa shape index (κ3) is 4.95. The molecular formula is C28H20ClNO4. The van der Waals surface area contributed by atoms with E-state index in [0.29, 0.717) is 45.5 Å². The highest BCUT2D eigenvalue weighted by atomic mass is 35.5. The van der Waals surface area contributed by atoms with Crippen LogP contribution in [0.2, 0.25) is 5.02 Å². The molecule has 5 rings (SSSR count). The lowest BCUT2D eigenvalue weighted by Gasteiger charge is -2.08. The fourth-order valence-corrected chi connectivity index (χ4v) is 3.72. The summed E-state index contributed by atoms with van der Waals surface area (Å²) in [6, 6.07) is 29.8. The Morgan fingerprint density at radius 2 is 1.53 bits per heavy atom. The molecule has 0 aliphatic carbocycles. The Balaban J connectivity index is 1.30. The maximum atomic E-state index is 12.5. The van der Waals surface area contributed by atoms with E-state index in [4.69, 9.17) is 25.5 Å². The summed E-state index contributed by atoms with van der Waals surface area (Å²) in [7, 11) is 0. The van der Waals surface area contributed by atoms with Gasteiger partial charge in [0.1, 0.15) is 24.5 Å². The van der Waals surface area contributed by atoms with Gasteiger partial charge in [0, 0.05) is 0 Å². The molecule has 0 saturated carbocycles. The van der Waals surface area contributed by atoms with Gasteiger partial charge in [-0.15, -0.1) is 0 Å². The molecule has 0 atom stereocenters. The van der Waals surface area contributed by atoms with Crippen LogP contribution in [0.4, 0.5) is 0 Å². The second-order valence-electron chi connectivity index (χ2n) is 7.68. The van der Waals surface area contributed by atoms with Crippen LogP contribution in [0.5, 0.6) is 5.75 Å². The molecule has 1 aromatic heterocycles. The SMILES string of the molecule is O=C(OCc1ccccc1)c1ccc2nc(-c3ccc(OCc4ccccc4)cc3Cl)oc2c1. The van der Waals surface area contributed by atoms with Gasteiger partial charge in [0.2, 0.25) is 5.89 Å². The minimum absolute atomic E-state index is 0.202. The third-order valence-electron chi connectivity index (χ3n) is 5.26. The van der Waals surface area contributed by atoms with Crippen LogP contribution in [0.25, 0.3) is 22.6 Å². The molecule has 0 radical (unpaired) electrons. The van der Waals surface area contributed by atoms with Gasteiger partial charge in [-0.05, 0) is 47.5 Å². The van der Waals surface area contributed by atoms with Crippen LogP contribution in [0.15, 0.2) is 101 Å². The zero-order chi connectivity index (χ0) is 23.3. The van der Waals surface area contributed by atoms with E-state index in [1.807, 2.05) is 72.8 Å². The second kappa shape index (κ2) is 9.81. The zero-order valence-electron chi connectivity index (χ0n) is 18.1. The van der Waals surface area contributed by atoms with E-state index >= 15 is 0 Å². The number of oxazole rings is 1. The molecule has 5 nitrogen and oxygen atoms in total. The second-order valence-corrected chi connectivity index (χ2v) is 8.09. The summed E-state index contributed by atoms with van der Waals surface area (Å²) in [5.41, 5.74) is 4.11. The van der Waals surface area contributed by atoms with Crippen LogP contribution in [0, 0.1) is 0 Å². The van der Waals surface area contributed by atoms with Crippen LogP contribution >= 0.6 is 11.6 Å². The van der Waals surface area contributed by atoms with Crippen molar-refractivity contribution >= 4 is 28.7 Å². The average molecular weight is 470 g/mol. The van der Waals surface area contributed by atoms with Gasteiger partial charge in [-0.1, -0.05) is 72.3 Å². The fourth-order valence-electron chi connectivity index (χ4n) is 3.47. The number of hydrogen-bond donors (Lipinski definition) is 0. The molecule has 0 N–H and O–H groups in total. The third-order valence-corrected chi connectivity index (χ3v) is 5.57. The number of carbonyl (C=O) groups is 1. The highest BCUT2D eigenvalue weighted by molar-refractivity contribution is 6.33. The molecule has 0 spiro atoms. The first-order valence-corrected chi connectivity index (χ1v) is 11.1. The normalized spacial score (nSPS) is 10.9. The Kier molecular flexibility index (Phi) is 6.27. The molecule has 6 heteroatoms. The van der Waals surface area contributed by atoms with Crippen molar-refractivity contribution in [3.8, 4) is 17.2 Å². The molecule has 0 aliphatic rings. The van der Waals surface area contributed by atoms with Gasteiger partial charge in [0.05, 0.1) is 16.1 Å². The van der Waals surface area contributed by atoms with E-state index in [1.54, 1.807) is 24.3 Å². The van der Waals surface area contributed by atoms with Crippen LogP contribution in [-0.4, -0.2) is 11.0 Å². The number of hydrogen-bond acceptors (Lipinski definition) is 5. The van der Waals surface area contributed by atoms with Gasteiger partial charge in [-0.3, -0.25) is 0 Å². The van der Waals surface area contributed by atoms with E-state index in [2.05, 4.69) is 4.98 Å². The molecule has 4 aromatic carbocycles. The summed E-state index contributed by atoms with van der Waals surface area (Å²) in [5.74, 6) is 0.586. The van der Waals surface area contributed by atoms with E-state index in [9.17, 15) is 4.79 Å². The summed E-state index contributed by atoms with van der Waals surface area (Å²) >= 11 is 6.50. The molecule has 0 fully saturated rings. The monoisotopic (exact) mass is 469 g/mol. The Bertz CT molecular complexity index is 1430. The Labute approximate surface area is 201 Å². The number of halogens is 1. The summed E-state index contributed by atoms with van der Waals surface area (Å²) in [5, 5.41) is 0.458. The molecule has 34 heavy (non-hydrogen) atoms. The summed E-state index contributed by atoms with van der Waals surface area (Å²) in [4.78, 5) is 17.0. The van der Waals surface area contributed by atoms with Crippen LogP contribution in [0.1, 0.15) is 21.5 Å². The molecule has 1 heterocycles. The van der Waals surface area contributed by atoms with E-state index < -0.39 is 5.97 Å². The fraction of sp³-hybridized carbons (Fsp3) is 0.0714. The molecule has 0 saturated heterocycles. The predicted molar refractivity (Wildman–Crippen MR) is 131 cm³/mol. The number of benzene rings is 4. The van der Waals surface area contributed by atoms with Gasteiger partial charge in [0.15, 0.2) is 5.58 Å².